The molecule has 0 aliphatic heterocycles. The second-order valence-electron chi connectivity index (χ2n) is 11.7. The monoisotopic (exact) mass is 662 g/mol. The zero-order valence-corrected chi connectivity index (χ0v) is 28.2. The Morgan fingerprint density at radius 3 is 2.51 bits per heavy atom. The smallest absolute Gasteiger partial charge is 0.282 e. The zero-order valence-electron chi connectivity index (χ0n) is 28.2. The summed E-state index contributed by atoms with van der Waals surface area (Å²) in [4.78, 5) is 31.5. The lowest BCUT2D eigenvalue weighted by molar-refractivity contribution is -0.118. The molecule has 1 N–H and O–H groups in total. The van der Waals surface area contributed by atoms with Crippen molar-refractivity contribution in [3.63, 3.8) is 0 Å². The largest absolute Gasteiger partial charge is 0.494 e. The van der Waals surface area contributed by atoms with Gasteiger partial charge in [0.1, 0.15) is 11.6 Å². The van der Waals surface area contributed by atoms with Gasteiger partial charge < -0.3 is 19.5 Å². The Hall–Kier alpha value is -5.77. The quantitative estimate of drug-likeness (QED) is 0.103. The number of rotatable bonds is 13. The standard InChI is InChI=1S/C39H39FN4O5/c1-7-11-27-19-26(20-35(47-6)37(27)49-23-36(45)42-29-16-14-28(40)15-17-29)22-41-44-38(43-33-13-10-9-12-30(33)39(44)46)32-21-31(24(3)4)34(48-8-2)18-25(32)5/h7,9-10,12-22,24H,1,8,11,23H2,2-6H3,(H,42,45). The molecule has 0 unspecified atom stereocenters. The van der Waals surface area contributed by atoms with E-state index >= 15 is 0 Å². The minimum absolute atomic E-state index is 0.162. The predicted molar refractivity (Wildman–Crippen MR) is 192 cm³/mol. The third-order valence-electron chi connectivity index (χ3n) is 7.81. The van der Waals surface area contributed by atoms with Gasteiger partial charge in [-0.15, -0.1) is 6.58 Å². The molecule has 0 aliphatic rings. The van der Waals surface area contributed by atoms with Crippen LogP contribution in [0.15, 0.2) is 95.3 Å². The molecule has 0 fully saturated rings. The van der Waals surface area contributed by atoms with Crippen LogP contribution in [0.5, 0.6) is 17.2 Å². The van der Waals surface area contributed by atoms with Crippen molar-refractivity contribution in [2.75, 3.05) is 25.6 Å². The summed E-state index contributed by atoms with van der Waals surface area (Å²) in [6, 6.07) is 20.2. The second kappa shape index (κ2) is 15.4. The van der Waals surface area contributed by atoms with Crippen molar-refractivity contribution >= 4 is 28.7 Å². The molecule has 1 aromatic heterocycles. The van der Waals surface area contributed by atoms with Gasteiger partial charge in [0.05, 0.1) is 30.8 Å². The SMILES string of the molecule is C=CCc1cc(C=Nn2c(-c3cc(C(C)C)c(OCC)cc3C)nc3ccccc3c2=O)cc(OC)c1OCC(=O)Nc1ccc(F)cc1. The second-order valence-corrected chi connectivity index (χ2v) is 11.7. The number of carbonyl (C=O) groups is 1. The maximum Gasteiger partial charge on any atom is 0.282 e. The molecule has 4 aromatic carbocycles. The molecule has 5 rings (SSSR count). The maximum absolute atomic E-state index is 14.0. The molecule has 5 aromatic rings. The Morgan fingerprint density at radius 1 is 1.06 bits per heavy atom. The van der Waals surface area contributed by atoms with Crippen LogP contribution in [0.2, 0.25) is 0 Å². The van der Waals surface area contributed by atoms with Gasteiger partial charge in [-0.1, -0.05) is 32.1 Å². The molecule has 0 saturated carbocycles. The van der Waals surface area contributed by atoms with Crippen LogP contribution in [-0.4, -0.2) is 42.1 Å². The number of aromatic nitrogens is 2. The van der Waals surface area contributed by atoms with Gasteiger partial charge in [0.25, 0.3) is 11.5 Å². The van der Waals surface area contributed by atoms with Crippen molar-refractivity contribution in [3.05, 3.63) is 124 Å². The molecule has 252 valence electrons. The van der Waals surface area contributed by atoms with E-state index in [0.717, 1.165) is 22.4 Å². The number of nitrogens with one attached hydrogen (secondary N) is 1. The molecule has 49 heavy (non-hydrogen) atoms. The Labute approximate surface area is 284 Å². The van der Waals surface area contributed by atoms with E-state index in [1.165, 1.54) is 36.1 Å². The molecule has 0 aliphatic carbocycles. The lowest BCUT2D eigenvalue weighted by Gasteiger charge is -2.18. The minimum atomic E-state index is -0.426. The average Bonchev–Trinajstić information content (AvgIpc) is 3.08. The number of anilines is 1. The number of halogens is 1. The lowest BCUT2D eigenvalue weighted by Crippen LogP contribution is -2.21. The first kappa shape index (κ1) is 34.6. The fraction of sp³-hybridized carbons (Fsp3) is 0.231. The minimum Gasteiger partial charge on any atom is -0.494 e. The van der Waals surface area contributed by atoms with Crippen molar-refractivity contribution in [2.24, 2.45) is 5.10 Å². The molecule has 0 atom stereocenters. The van der Waals surface area contributed by atoms with Gasteiger partial charge in [0.15, 0.2) is 23.9 Å². The molecule has 1 heterocycles. The topological polar surface area (TPSA) is 104 Å². The number of allylic oxidation sites excluding steroid dienone is 1. The number of carbonyl (C=O) groups excluding carboxylic acids is 1. The number of ether oxygens (including phenoxy) is 3. The Morgan fingerprint density at radius 2 is 1.82 bits per heavy atom. The van der Waals surface area contributed by atoms with Crippen LogP contribution < -0.4 is 25.1 Å². The van der Waals surface area contributed by atoms with E-state index in [1.807, 2.05) is 44.2 Å². The molecule has 9 nitrogen and oxygen atoms in total. The van der Waals surface area contributed by atoms with Crippen molar-refractivity contribution < 1.29 is 23.4 Å². The normalized spacial score (nSPS) is 11.2. The third kappa shape index (κ3) is 7.86. The lowest BCUT2D eigenvalue weighted by atomic mass is 9.96. The molecule has 0 saturated heterocycles. The Balaban J connectivity index is 1.54. The number of amides is 1. The van der Waals surface area contributed by atoms with Crippen molar-refractivity contribution in [3.8, 4) is 28.6 Å². The Kier molecular flexibility index (Phi) is 10.9. The number of benzene rings is 4. The average molecular weight is 663 g/mol. The fourth-order valence-electron chi connectivity index (χ4n) is 5.45. The van der Waals surface area contributed by atoms with E-state index in [9.17, 15) is 14.0 Å². The van der Waals surface area contributed by atoms with Gasteiger partial charge in [0.2, 0.25) is 0 Å². The van der Waals surface area contributed by atoms with E-state index in [2.05, 4.69) is 30.8 Å². The number of nitrogens with zero attached hydrogens (tertiary/aromatic N) is 3. The van der Waals surface area contributed by atoms with E-state index in [1.54, 1.807) is 30.5 Å². The van der Waals surface area contributed by atoms with Crippen LogP contribution >= 0.6 is 0 Å². The van der Waals surface area contributed by atoms with Gasteiger partial charge in [-0.25, -0.2) is 9.37 Å². The molecule has 0 spiro atoms. The molecular weight excluding hydrogens is 623 g/mol. The molecule has 0 bridgehead atoms. The molecule has 0 radical (unpaired) electrons. The highest BCUT2D eigenvalue weighted by Gasteiger charge is 2.19. The fourth-order valence-corrected chi connectivity index (χ4v) is 5.45. The number of para-hydroxylation sites is 1. The number of aryl methyl sites for hydroxylation is 1. The van der Waals surface area contributed by atoms with Crippen LogP contribution in [0.4, 0.5) is 10.1 Å². The highest BCUT2D eigenvalue weighted by Crippen LogP contribution is 2.35. The van der Waals surface area contributed by atoms with Crippen LogP contribution in [0.3, 0.4) is 0 Å². The molecule has 1 amide bonds. The van der Waals surface area contributed by atoms with Crippen LogP contribution in [0, 0.1) is 12.7 Å². The first-order valence-electron chi connectivity index (χ1n) is 16.0. The Bertz CT molecular complexity index is 2090. The summed E-state index contributed by atoms with van der Waals surface area (Å²) in [5, 5.41) is 7.80. The summed E-state index contributed by atoms with van der Waals surface area (Å²) >= 11 is 0. The van der Waals surface area contributed by atoms with E-state index in [4.69, 9.17) is 19.2 Å². The first-order valence-corrected chi connectivity index (χ1v) is 16.0. The van der Waals surface area contributed by atoms with E-state index in [-0.39, 0.29) is 18.1 Å². The van der Waals surface area contributed by atoms with Crippen LogP contribution in [-0.2, 0) is 11.2 Å². The summed E-state index contributed by atoms with van der Waals surface area (Å²) in [6.45, 7) is 12.2. The van der Waals surface area contributed by atoms with Gasteiger partial charge in [0, 0.05) is 16.8 Å². The third-order valence-corrected chi connectivity index (χ3v) is 7.81. The van der Waals surface area contributed by atoms with E-state index < -0.39 is 11.7 Å². The van der Waals surface area contributed by atoms with Gasteiger partial charge in [-0.05, 0) is 104 Å². The van der Waals surface area contributed by atoms with Gasteiger partial charge >= 0.3 is 0 Å². The van der Waals surface area contributed by atoms with Crippen LogP contribution in [0.1, 0.15) is 48.9 Å². The predicted octanol–water partition coefficient (Wildman–Crippen LogP) is 7.67. The number of hydrogen-bond acceptors (Lipinski definition) is 7. The highest BCUT2D eigenvalue weighted by molar-refractivity contribution is 5.92. The van der Waals surface area contributed by atoms with E-state index in [0.29, 0.717) is 58.1 Å². The molecular formula is C39H39FN4O5. The summed E-state index contributed by atoms with van der Waals surface area (Å²) in [5.74, 6) is 1.26. The van der Waals surface area contributed by atoms with Gasteiger partial charge in [-0.2, -0.15) is 9.78 Å². The van der Waals surface area contributed by atoms with Crippen molar-refractivity contribution in [1.29, 1.82) is 0 Å². The van der Waals surface area contributed by atoms with Crippen molar-refractivity contribution in [1.82, 2.24) is 9.66 Å². The summed E-state index contributed by atoms with van der Waals surface area (Å²) in [5.41, 5.74) is 4.65. The summed E-state index contributed by atoms with van der Waals surface area (Å²) in [7, 11) is 1.50. The summed E-state index contributed by atoms with van der Waals surface area (Å²) in [6.07, 6.45) is 3.67. The first-order chi connectivity index (χ1) is 23.6. The maximum atomic E-state index is 14.0. The van der Waals surface area contributed by atoms with Gasteiger partial charge in [-0.3, -0.25) is 9.59 Å². The van der Waals surface area contributed by atoms with Crippen molar-refractivity contribution in [2.45, 2.75) is 40.0 Å². The summed E-state index contributed by atoms with van der Waals surface area (Å²) < 4.78 is 32.1. The molecule has 10 heteroatoms. The highest BCUT2D eigenvalue weighted by atomic mass is 19.1. The van der Waals surface area contributed by atoms with Crippen LogP contribution in [0.25, 0.3) is 22.3 Å². The zero-order chi connectivity index (χ0) is 35.1. The number of hydrogen-bond donors (Lipinski definition) is 1. The number of methoxy groups -OCH3 is 1. The number of fused-ring (bicyclic) bond motifs is 1.